The van der Waals surface area contributed by atoms with Crippen molar-refractivity contribution in [2.24, 2.45) is 0 Å². The molecule has 0 amide bonds. The first-order valence-electron chi connectivity index (χ1n) is 6.88. The molecular weight excluding hydrogens is 244 g/mol. The molecule has 104 valence electrons. The lowest BCUT2D eigenvalue weighted by molar-refractivity contribution is -0.0371. The molecule has 0 saturated heterocycles. The van der Waals surface area contributed by atoms with Crippen LogP contribution in [0.4, 0.5) is 13.2 Å². The van der Waals surface area contributed by atoms with E-state index in [1.165, 1.54) is 44.9 Å². The molecule has 0 saturated carbocycles. The average molecular weight is 270 g/mol. The van der Waals surface area contributed by atoms with Gasteiger partial charge in [0, 0.05) is 0 Å². The van der Waals surface area contributed by atoms with Crippen molar-refractivity contribution in [1.29, 1.82) is 0 Å². The van der Waals surface area contributed by atoms with Gasteiger partial charge in [-0.1, -0.05) is 64.7 Å². The molecule has 0 aromatic heterocycles. The zero-order valence-corrected chi connectivity index (χ0v) is 11.9. The minimum Gasteiger partial charge on any atom is -0.167 e. The first kappa shape index (κ1) is 17.2. The van der Waals surface area contributed by atoms with Crippen molar-refractivity contribution in [3.8, 4) is 0 Å². The number of hydrogen-bond donors (Lipinski definition) is 0. The molecule has 0 aliphatic heterocycles. The van der Waals surface area contributed by atoms with Gasteiger partial charge >= 0.3 is 5.92 Å². The highest BCUT2D eigenvalue weighted by molar-refractivity contribution is 7.39. The Morgan fingerprint density at radius 3 is 1.53 bits per heavy atom. The Morgan fingerprint density at radius 2 is 1.12 bits per heavy atom. The van der Waals surface area contributed by atoms with Gasteiger partial charge in [0.25, 0.3) is 0 Å². The van der Waals surface area contributed by atoms with Crippen LogP contribution in [0.25, 0.3) is 0 Å². The summed E-state index contributed by atoms with van der Waals surface area (Å²) in [6.07, 6.45) is 12.2. The first-order valence-corrected chi connectivity index (χ1v) is 8.08. The van der Waals surface area contributed by atoms with E-state index in [-0.39, 0.29) is 0 Å². The second kappa shape index (κ2) is 11.3. The molecule has 0 spiro atoms. The van der Waals surface area contributed by atoms with E-state index < -0.39 is 14.5 Å². The normalized spacial score (nSPS) is 12.7. The smallest absolute Gasteiger partial charge is 0.167 e. The Labute approximate surface area is 106 Å². The zero-order valence-electron chi connectivity index (χ0n) is 10.9. The number of hydrogen-bond acceptors (Lipinski definition) is 0. The van der Waals surface area contributed by atoms with Crippen LogP contribution >= 0.6 is 8.58 Å². The van der Waals surface area contributed by atoms with Crippen LogP contribution in [0.5, 0.6) is 0 Å². The summed E-state index contributed by atoms with van der Waals surface area (Å²) in [6.45, 7) is 2.21. The molecule has 0 rings (SSSR count). The second-order valence-electron chi connectivity index (χ2n) is 4.61. The predicted octanol–water partition coefficient (Wildman–Crippen LogP) is 6.11. The summed E-state index contributed by atoms with van der Waals surface area (Å²) >= 11 is 0. The zero-order chi connectivity index (χ0) is 13.0. The molecule has 0 aromatic rings. The summed E-state index contributed by atoms with van der Waals surface area (Å²) < 4.78 is 35.5. The minimum atomic E-state index is -3.93. The van der Waals surface area contributed by atoms with Crippen molar-refractivity contribution in [2.75, 3.05) is 6.16 Å². The summed E-state index contributed by atoms with van der Waals surface area (Å²) in [7, 11) is -0.846. The van der Waals surface area contributed by atoms with Crippen LogP contribution in [0.2, 0.25) is 0 Å². The van der Waals surface area contributed by atoms with Crippen molar-refractivity contribution in [3.63, 3.8) is 0 Å². The van der Waals surface area contributed by atoms with E-state index in [2.05, 4.69) is 6.92 Å². The molecule has 1 atom stereocenters. The van der Waals surface area contributed by atoms with Crippen LogP contribution < -0.4 is 0 Å². The van der Waals surface area contributed by atoms with Crippen LogP contribution in [0.1, 0.15) is 71.1 Å². The molecule has 0 aliphatic carbocycles. The van der Waals surface area contributed by atoms with E-state index >= 15 is 0 Å². The molecular formula is C13H26F3P. The Morgan fingerprint density at radius 1 is 0.706 bits per heavy atom. The van der Waals surface area contributed by atoms with E-state index in [1.54, 1.807) is 0 Å². The number of rotatable bonds is 11. The highest BCUT2D eigenvalue weighted by Gasteiger charge is 2.25. The summed E-state index contributed by atoms with van der Waals surface area (Å²) in [6, 6.07) is 0. The minimum absolute atomic E-state index is 0.333. The van der Waals surface area contributed by atoms with Gasteiger partial charge in [0.05, 0.1) is 0 Å². The fraction of sp³-hybridized carbons (Fsp3) is 1.00. The van der Waals surface area contributed by atoms with Crippen molar-refractivity contribution in [1.82, 2.24) is 0 Å². The average Bonchev–Trinajstić information content (AvgIpc) is 2.24. The Hall–Kier alpha value is 0.220. The van der Waals surface area contributed by atoms with Gasteiger partial charge in [-0.15, -0.1) is 0 Å². The monoisotopic (exact) mass is 270 g/mol. The summed E-state index contributed by atoms with van der Waals surface area (Å²) in [5, 5.41) is 0. The van der Waals surface area contributed by atoms with Gasteiger partial charge in [0.15, 0.2) is 0 Å². The molecule has 0 fully saturated rings. The van der Waals surface area contributed by atoms with Gasteiger partial charge in [-0.2, -0.15) is 13.2 Å². The van der Waals surface area contributed by atoms with Crippen LogP contribution in [-0.4, -0.2) is 12.1 Å². The number of unbranched alkanes of at least 4 members (excludes halogenated alkanes) is 9. The maximum atomic E-state index is 11.8. The second-order valence-corrected chi connectivity index (χ2v) is 6.03. The van der Waals surface area contributed by atoms with E-state index in [0.717, 1.165) is 19.3 Å². The first-order chi connectivity index (χ1) is 8.06. The van der Waals surface area contributed by atoms with Crippen molar-refractivity contribution >= 4 is 8.58 Å². The third-order valence-electron chi connectivity index (χ3n) is 2.86. The predicted molar refractivity (Wildman–Crippen MR) is 71.1 cm³/mol. The SMILES string of the molecule is CCCCCCCCCCCCPC(F)(F)F. The summed E-state index contributed by atoms with van der Waals surface area (Å²) in [5.74, 6) is -3.93. The lowest BCUT2D eigenvalue weighted by atomic mass is 10.1. The Balaban J connectivity index is 2.99. The molecule has 0 nitrogen and oxygen atoms in total. The lowest BCUT2D eigenvalue weighted by Crippen LogP contribution is -1.98. The summed E-state index contributed by atoms with van der Waals surface area (Å²) in [5.41, 5.74) is 0. The third kappa shape index (κ3) is 16.2. The molecule has 0 N–H and O–H groups in total. The molecule has 0 bridgehead atoms. The Bertz CT molecular complexity index is 157. The standard InChI is InChI=1S/C13H26F3P/c1-2-3-4-5-6-7-8-9-10-11-12-17-13(14,15)16/h17H,2-12H2,1H3. The van der Waals surface area contributed by atoms with E-state index in [0.29, 0.717) is 6.16 Å². The van der Waals surface area contributed by atoms with Gasteiger partial charge < -0.3 is 0 Å². The highest BCUT2D eigenvalue weighted by Crippen LogP contribution is 2.36. The topological polar surface area (TPSA) is 0 Å². The van der Waals surface area contributed by atoms with Gasteiger partial charge in [-0.25, -0.2) is 0 Å². The molecule has 0 heterocycles. The molecule has 1 unspecified atom stereocenters. The fourth-order valence-corrected chi connectivity index (χ4v) is 2.55. The van der Waals surface area contributed by atoms with Crippen molar-refractivity contribution in [3.05, 3.63) is 0 Å². The van der Waals surface area contributed by atoms with E-state index in [4.69, 9.17) is 0 Å². The van der Waals surface area contributed by atoms with Crippen LogP contribution in [0, 0.1) is 0 Å². The maximum Gasteiger partial charge on any atom is 0.402 e. The van der Waals surface area contributed by atoms with E-state index in [1.807, 2.05) is 0 Å². The molecule has 0 aromatic carbocycles. The summed E-state index contributed by atoms with van der Waals surface area (Å²) in [4.78, 5) is 0. The van der Waals surface area contributed by atoms with Gasteiger partial charge in [-0.05, 0) is 21.2 Å². The number of halogens is 3. The molecule has 17 heavy (non-hydrogen) atoms. The molecule has 0 radical (unpaired) electrons. The number of alkyl halides is 3. The van der Waals surface area contributed by atoms with Crippen LogP contribution in [-0.2, 0) is 0 Å². The maximum absolute atomic E-state index is 11.8. The molecule has 0 aliphatic rings. The fourth-order valence-electron chi connectivity index (χ4n) is 1.84. The van der Waals surface area contributed by atoms with Crippen LogP contribution in [0.15, 0.2) is 0 Å². The van der Waals surface area contributed by atoms with Crippen molar-refractivity contribution < 1.29 is 13.2 Å². The van der Waals surface area contributed by atoms with E-state index in [9.17, 15) is 13.2 Å². The quantitative estimate of drug-likeness (QED) is 0.314. The van der Waals surface area contributed by atoms with Gasteiger partial charge in [0.2, 0.25) is 0 Å². The largest absolute Gasteiger partial charge is 0.402 e. The van der Waals surface area contributed by atoms with Crippen LogP contribution in [0.3, 0.4) is 0 Å². The Kier molecular flexibility index (Phi) is 11.5. The van der Waals surface area contributed by atoms with Gasteiger partial charge in [0.1, 0.15) is 0 Å². The van der Waals surface area contributed by atoms with Gasteiger partial charge in [-0.3, -0.25) is 0 Å². The van der Waals surface area contributed by atoms with Crippen molar-refractivity contribution in [2.45, 2.75) is 77.0 Å². The third-order valence-corrected chi connectivity index (χ3v) is 3.86. The lowest BCUT2D eigenvalue weighted by Gasteiger charge is -2.05. The highest BCUT2D eigenvalue weighted by atomic mass is 31.1. The molecule has 4 heteroatoms.